The topological polar surface area (TPSA) is 167 Å². The number of benzene rings is 1. The fourth-order valence-corrected chi connectivity index (χ4v) is 2.42. The van der Waals surface area contributed by atoms with Gasteiger partial charge in [-0.1, -0.05) is 0 Å². The smallest absolute Gasteiger partial charge is 0.340 e. The average molecular weight is 381 g/mol. The van der Waals surface area contributed by atoms with Crippen molar-refractivity contribution >= 4 is 11.9 Å². The third-order valence-electron chi connectivity index (χ3n) is 3.73. The first-order chi connectivity index (χ1) is 12.6. The number of carboxylic acids is 1. The summed E-state index contributed by atoms with van der Waals surface area (Å²) in [7, 11) is 0. The Balaban J connectivity index is 2.18. The van der Waals surface area contributed by atoms with Gasteiger partial charge in [-0.2, -0.15) is 5.26 Å². The second-order valence-electron chi connectivity index (χ2n) is 6.13. The van der Waals surface area contributed by atoms with Gasteiger partial charge in [0.25, 0.3) is 0 Å². The minimum absolute atomic E-state index is 0.0714. The fraction of sp³-hybridized carbons (Fsp3) is 0.471. The molecule has 1 aromatic rings. The zero-order chi connectivity index (χ0) is 20.3. The number of hydrogen-bond acceptors (Lipinski definition) is 9. The molecule has 0 bridgehead atoms. The van der Waals surface area contributed by atoms with Crippen LogP contribution in [0.25, 0.3) is 0 Å². The van der Waals surface area contributed by atoms with Crippen molar-refractivity contribution in [1.29, 1.82) is 5.26 Å². The van der Waals surface area contributed by atoms with E-state index in [1.165, 1.54) is 18.2 Å². The summed E-state index contributed by atoms with van der Waals surface area (Å²) in [5.41, 5.74) is -0.00641. The molecule has 0 spiro atoms. The molecule has 5 atom stereocenters. The Kier molecular flexibility index (Phi) is 6.35. The number of nitrogens with zero attached hydrogens (tertiary/aromatic N) is 1. The van der Waals surface area contributed by atoms with Crippen molar-refractivity contribution in [3.63, 3.8) is 0 Å². The van der Waals surface area contributed by atoms with Crippen LogP contribution >= 0.6 is 0 Å². The lowest BCUT2D eigenvalue weighted by Gasteiger charge is -2.37. The van der Waals surface area contributed by atoms with Gasteiger partial charge in [0.15, 0.2) is 6.10 Å². The number of aliphatic hydroxyl groups excluding tert-OH is 3. The van der Waals surface area contributed by atoms with Crippen molar-refractivity contribution in [2.75, 3.05) is 0 Å². The second-order valence-corrected chi connectivity index (χ2v) is 6.13. The van der Waals surface area contributed by atoms with Crippen LogP contribution < -0.4 is 4.74 Å². The lowest BCUT2D eigenvalue weighted by molar-refractivity contribution is -0.278. The Hall–Kier alpha value is -2.71. The SMILES string of the molecule is CC(C)Oc1ccc(C(=O)O[C@@H]2O[C@H](C(=O)O)[C@@H](O)[C@H](O)[C@H]2O)cc1C#N. The van der Waals surface area contributed by atoms with Crippen molar-refractivity contribution < 1.29 is 44.2 Å². The highest BCUT2D eigenvalue weighted by Crippen LogP contribution is 2.25. The number of hydrogen-bond donors (Lipinski definition) is 4. The molecule has 1 heterocycles. The number of rotatable bonds is 5. The zero-order valence-corrected chi connectivity index (χ0v) is 14.5. The zero-order valence-electron chi connectivity index (χ0n) is 14.5. The number of carbonyl (C=O) groups excluding carboxylic acids is 1. The number of carbonyl (C=O) groups is 2. The van der Waals surface area contributed by atoms with Crippen molar-refractivity contribution in [1.82, 2.24) is 0 Å². The van der Waals surface area contributed by atoms with Crippen LogP contribution in [0.2, 0.25) is 0 Å². The molecule has 2 rings (SSSR count). The summed E-state index contributed by atoms with van der Waals surface area (Å²) in [6.07, 6.45) is -9.56. The van der Waals surface area contributed by atoms with E-state index >= 15 is 0 Å². The van der Waals surface area contributed by atoms with Crippen molar-refractivity contribution in [2.45, 2.75) is 50.7 Å². The lowest BCUT2D eigenvalue weighted by Crippen LogP contribution is -2.60. The molecule has 1 aromatic carbocycles. The molecule has 0 saturated carbocycles. The van der Waals surface area contributed by atoms with E-state index in [2.05, 4.69) is 0 Å². The van der Waals surface area contributed by atoms with Crippen LogP contribution in [0.4, 0.5) is 0 Å². The van der Waals surface area contributed by atoms with Gasteiger partial charge in [0.1, 0.15) is 30.1 Å². The molecule has 1 saturated heterocycles. The van der Waals surface area contributed by atoms with Gasteiger partial charge < -0.3 is 34.6 Å². The summed E-state index contributed by atoms with van der Waals surface area (Å²) < 4.78 is 15.2. The first-order valence-electron chi connectivity index (χ1n) is 8.00. The largest absolute Gasteiger partial charge is 0.490 e. The Labute approximate surface area is 154 Å². The number of nitriles is 1. The Morgan fingerprint density at radius 2 is 1.85 bits per heavy atom. The standard InChI is InChI=1S/C17H19NO9/c1-7(2)25-10-4-3-8(5-9(10)6-18)16(24)27-17-13(21)11(19)12(20)14(26-17)15(22)23/h3-5,7,11-14,17,19-21H,1-2H3,(H,22,23)/t11-,12-,13+,14-,17-/m0/s1. The number of esters is 1. The quantitative estimate of drug-likeness (QED) is 0.483. The molecule has 1 aliphatic heterocycles. The van der Waals surface area contributed by atoms with Crippen molar-refractivity contribution in [3.05, 3.63) is 29.3 Å². The molecular weight excluding hydrogens is 362 g/mol. The molecule has 0 radical (unpaired) electrons. The summed E-state index contributed by atoms with van der Waals surface area (Å²) >= 11 is 0. The summed E-state index contributed by atoms with van der Waals surface area (Å²) in [6, 6.07) is 5.79. The molecule has 4 N–H and O–H groups in total. The predicted octanol–water partition coefficient (Wildman–Crippen LogP) is -0.606. The monoisotopic (exact) mass is 381 g/mol. The van der Waals surface area contributed by atoms with Gasteiger partial charge in [-0.05, 0) is 32.0 Å². The Morgan fingerprint density at radius 3 is 2.41 bits per heavy atom. The fourth-order valence-electron chi connectivity index (χ4n) is 2.42. The molecule has 0 amide bonds. The van der Waals surface area contributed by atoms with E-state index in [4.69, 9.17) is 19.3 Å². The van der Waals surface area contributed by atoms with Gasteiger partial charge in [-0.3, -0.25) is 0 Å². The molecule has 146 valence electrons. The van der Waals surface area contributed by atoms with Crippen LogP contribution in [0.3, 0.4) is 0 Å². The van der Waals surface area contributed by atoms with Gasteiger partial charge in [0, 0.05) is 0 Å². The van der Waals surface area contributed by atoms with Crippen molar-refractivity contribution in [3.8, 4) is 11.8 Å². The van der Waals surface area contributed by atoms with Crippen LogP contribution in [-0.4, -0.2) is 69.2 Å². The molecule has 0 aromatic heterocycles. The van der Waals surface area contributed by atoms with Crippen LogP contribution in [0.5, 0.6) is 5.75 Å². The molecule has 10 nitrogen and oxygen atoms in total. The van der Waals surface area contributed by atoms with E-state index in [1.54, 1.807) is 13.8 Å². The lowest BCUT2D eigenvalue weighted by atomic mass is 9.99. The number of ether oxygens (including phenoxy) is 3. The van der Waals surface area contributed by atoms with Crippen molar-refractivity contribution in [2.24, 2.45) is 0 Å². The second kappa shape index (κ2) is 8.32. The van der Waals surface area contributed by atoms with Crippen LogP contribution in [-0.2, 0) is 14.3 Å². The van der Waals surface area contributed by atoms with Gasteiger partial charge in [0.05, 0.1) is 17.2 Å². The first-order valence-corrected chi connectivity index (χ1v) is 8.00. The Bertz CT molecular complexity index is 757. The predicted molar refractivity (Wildman–Crippen MR) is 86.7 cm³/mol. The maximum absolute atomic E-state index is 12.3. The highest BCUT2D eigenvalue weighted by atomic mass is 16.7. The first kappa shape index (κ1) is 20.6. The van der Waals surface area contributed by atoms with E-state index in [-0.39, 0.29) is 23.0 Å². The molecule has 1 aliphatic rings. The summed E-state index contributed by atoms with van der Waals surface area (Å²) in [4.78, 5) is 23.3. The van der Waals surface area contributed by atoms with E-state index in [0.717, 1.165) is 0 Å². The third kappa shape index (κ3) is 4.53. The van der Waals surface area contributed by atoms with Gasteiger partial charge in [-0.15, -0.1) is 0 Å². The summed E-state index contributed by atoms with van der Waals surface area (Å²) in [5, 5.41) is 47.4. The van der Waals surface area contributed by atoms with E-state index in [9.17, 15) is 30.2 Å². The van der Waals surface area contributed by atoms with E-state index < -0.39 is 42.6 Å². The maximum atomic E-state index is 12.3. The van der Waals surface area contributed by atoms with Crippen LogP contribution in [0, 0.1) is 11.3 Å². The normalized spacial score (nSPS) is 27.7. The van der Waals surface area contributed by atoms with E-state index in [0.29, 0.717) is 0 Å². The minimum Gasteiger partial charge on any atom is -0.490 e. The van der Waals surface area contributed by atoms with Gasteiger partial charge >= 0.3 is 11.9 Å². The maximum Gasteiger partial charge on any atom is 0.340 e. The molecule has 1 fully saturated rings. The molecule has 0 aliphatic carbocycles. The Morgan fingerprint density at radius 1 is 1.19 bits per heavy atom. The number of aliphatic carboxylic acids is 1. The molecule has 27 heavy (non-hydrogen) atoms. The average Bonchev–Trinajstić information content (AvgIpc) is 2.61. The summed E-state index contributed by atoms with van der Waals surface area (Å²) in [6.45, 7) is 3.54. The highest BCUT2D eigenvalue weighted by Gasteiger charge is 2.48. The van der Waals surface area contributed by atoms with Gasteiger partial charge in [-0.25, -0.2) is 9.59 Å². The van der Waals surface area contributed by atoms with E-state index in [1.807, 2.05) is 6.07 Å². The minimum atomic E-state index is -1.90. The van der Waals surface area contributed by atoms with Crippen LogP contribution in [0.1, 0.15) is 29.8 Å². The number of carboxylic acid groups (broad SMARTS) is 1. The summed E-state index contributed by atoms with van der Waals surface area (Å²) in [5.74, 6) is -2.36. The van der Waals surface area contributed by atoms with Gasteiger partial charge in [0.2, 0.25) is 6.29 Å². The molecule has 0 unspecified atom stereocenters. The van der Waals surface area contributed by atoms with Crippen LogP contribution in [0.15, 0.2) is 18.2 Å². The molecule has 10 heteroatoms. The molecular formula is C17H19NO9. The highest BCUT2D eigenvalue weighted by molar-refractivity contribution is 5.90. The third-order valence-corrected chi connectivity index (χ3v) is 3.73. The number of aliphatic hydroxyl groups is 3.